The summed E-state index contributed by atoms with van der Waals surface area (Å²) in [5.74, 6) is 0.762. The molecule has 0 spiro atoms. The average molecular weight is 473 g/mol. The van der Waals surface area contributed by atoms with E-state index in [1.54, 1.807) is 18.2 Å². The number of carbonyl (C=O) groups excluding carboxylic acids is 1. The number of H-pyrrole nitrogens is 1. The molecule has 0 bridgehead atoms. The number of imidazole rings is 1. The van der Waals surface area contributed by atoms with Crippen LogP contribution in [0.15, 0.2) is 42.5 Å². The lowest BCUT2D eigenvalue weighted by Gasteiger charge is -2.35. The standard InChI is InChI=1S/C23H25ClN4O3S/c24-18-15-16(28-13-5-6-14-32(28,30)31)10-11-17(18)23(29)27-12-4-3-9-21(27)22-25-19-7-1-2-8-20(19)26-22/h1-2,7-8,10-11,15,21H,3-6,9,12-14H2,(H,25,26)/t21-/m0/s1. The van der Waals surface area contributed by atoms with E-state index in [1.807, 2.05) is 29.2 Å². The van der Waals surface area contributed by atoms with E-state index >= 15 is 0 Å². The van der Waals surface area contributed by atoms with Gasteiger partial charge in [0, 0.05) is 13.1 Å². The van der Waals surface area contributed by atoms with E-state index in [1.165, 1.54) is 4.31 Å². The summed E-state index contributed by atoms with van der Waals surface area (Å²) in [5.41, 5.74) is 2.72. The van der Waals surface area contributed by atoms with Crippen molar-refractivity contribution in [1.29, 1.82) is 0 Å². The summed E-state index contributed by atoms with van der Waals surface area (Å²) in [7, 11) is -3.34. The van der Waals surface area contributed by atoms with Crippen molar-refractivity contribution in [2.45, 2.75) is 38.1 Å². The number of benzene rings is 2. The second kappa shape index (κ2) is 8.41. The highest BCUT2D eigenvalue weighted by molar-refractivity contribution is 7.92. The van der Waals surface area contributed by atoms with Gasteiger partial charge in [0.2, 0.25) is 10.0 Å². The van der Waals surface area contributed by atoms with Gasteiger partial charge in [-0.25, -0.2) is 13.4 Å². The van der Waals surface area contributed by atoms with E-state index in [0.29, 0.717) is 30.8 Å². The van der Waals surface area contributed by atoms with Crippen LogP contribution in [0, 0.1) is 0 Å². The van der Waals surface area contributed by atoms with Crippen LogP contribution in [-0.4, -0.2) is 48.0 Å². The van der Waals surface area contributed by atoms with E-state index in [-0.39, 0.29) is 22.7 Å². The summed E-state index contributed by atoms with van der Waals surface area (Å²) in [5, 5.41) is 0.266. The SMILES string of the molecule is O=C(c1ccc(N2CCCCS2(=O)=O)cc1Cl)N1CCCC[C@H]1c1nc2ccccc2[nH]1. The smallest absolute Gasteiger partial charge is 0.255 e. The average Bonchev–Trinajstić information content (AvgIpc) is 3.22. The number of carbonyl (C=O) groups is 1. The van der Waals surface area contributed by atoms with Gasteiger partial charge in [0.15, 0.2) is 0 Å². The Hall–Kier alpha value is -2.58. The predicted molar refractivity (Wildman–Crippen MR) is 126 cm³/mol. The van der Waals surface area contributed by atoms with Crippen LogP contribution in [0.1, 0.15) is 54.3 Å². The molecule has 7 nitrogen and oxygen atoms in total. The van der Waals surface area contributed by atoms with Crippen molar-refractivity contribution in [1.82, 2.24) is 14.9 Å². The van der Waals surface area contributed by atoms with Crippen molar-refractivity contribution in [3.05, 3.63) is 58.9 Å². The van der Waals surface area contributed by atoms with Crippen LogP contribution in [-0.2, 0) is 10.0 Å². The number of hydrogen-bond acceptors (Lipinski definition) is 4. The molecule has 5 rings (SSSR count). The molecule has 3 aromatic rings. The Balaban J connectivity index is 1.44. The summed E-state index contributed by atoms with van der Waals surface area (Å²) >= 11 is 6.52. The minimum absolute atomic E-state index is 0.137. The summed E-state index contributed by atoms with van der Waals surface area (Å²) < 4.78 is 26.3. The third-order valence-electron chi connectivity index (χ3n) is 6.31. The Morgan fingerprint density at radius 3 is 2.66 bits per heavy atom. The van der Waals surface area contributed by atoms with Crippen molar-refractivity contribution in [3.8, 4) is 0 Å². The van der Waals surface area contributed by atoms with E-state index in [9.17, 15) is 13.2 Å². The van der Waals surface area contributed by atoms with Crippen LogP contribution in [0.4, 0.5) is 5.69 Å². The third-order valence-corrected chi connectivity index (χ3v) is 8.49. The molecule has 3 heterocycles. The van der Waals surface area contributed by atoms with Gasteiger partial charge in [-0.15, -0.1) is 0 Å². The Kier molecular flexibility index (Phi) is 5.59. The summed E-state index contributed by atoms with van der Waals surface area (Å²) in [6.45, 7) is 1.06. The zero-order valence-electron chi connectivity index (χ0n) is 17.6. The van der Waals surface area contributed by atoms with E-state index in [4.69, 9.17) is 16.6 Å². The second-order valence-electron chi connectivity index (χ2n) is 8.41. The van der Waals surface area contributed by atoms with Crippen LogP contribution in [0.3, 0.4) is 0 Å². The highest BCUT2D eigenvalue weighted by Crippen LogP contribution is 2.34. The first-order chi connectivity index (χ1) is 15.4. The fraction of sp³-hybridized carbons (Fsp3) is 0.391. The number of sulfonamides is 1. The highest BCUT2D eigenvalue weighted by Gasteiger charge is 2.32. The molecule has 1 amide bonds. The number of likely N-dealkylation sites (tertiary alicyclic amines) is 1. The quantitative estimate of drug-likeness (QED) is 0.607. The molecule has 0 saturated carbocycles. The van der Waals surface area contributed by atoms with Gasteiger partial charge < -0.3 is 9.88 Å². The van der Waals surface area contributed by atoms with Gasteiger partial charge in [-0.05, 0) is 62.4 Å². The first-order valence-electron chi connectivity index (χ1n) is 11.0. The number of hydrogen-bond donors (Lipinski definition) is 1. The maximum Gasteiger partial charge on any atom is 0.255 e. The van der Waals surface area contributed by atoms with E-state index in [0.717, 1.165) is 42.5 Å². The Labute approximate surface area is 192 Å². The van der Waals surface area contributed by atoms with Gasteiger partial charge in [-0.3, -0.25) is 9.10 Å². The molecular weight excluding hydrogens is 448 g/mol. The third kappa shape index (κ3) is 3.86. The highest BCUT2D eigenvalue weighted by atomic mass is 35.5. The van der Waals surface area contributed by atoms with E-state index < -0.39 is 10.0 Å². The molecule has 1 aromatic heterocycles. The van der Waals surface area contributed by atoms with Gasteiger partial charge in [0.05, 0.1) is 39.1 Å². The van der Waals surface area contributed by atoms with Crippen molar-refractivity contribution < 1.29 is 13.2 Å². The lowest BCUT2D eigenvalue weighted by Crippen LogP contribution is -2.39. The molecule has 2 saturated heterocycles. The molecule has 2 aromatic carbocycles. The number of amides is 1. The van der Waals surface area contributed by atoms with E-state index in [2.05, 4.69) is 4.98 Å². The number of fused-ring (bicyclic) bond motifs is 1. The van der Waals surface area contributed by atoms with Crippen LogP contribution in [0.5, 0.6) is 0 Å². The van der Waals surface area contributed by atoms with Crippen molar-refractivity contribution in [2.24, 2.45) is 0 Å². The largest absolute Gasteiger partial charge is 0.340 e. The number of piperidine rings is 1. The normalized spacial score (nSPS) is 21.1. The first kappa shape index (κ1) is 21.3. The number of aromatic nitrogens is 2. The van der Waals surface area contributed by atoms with Crippen molar-refractivity contribution in [2.75, 3.05) is 23.1 Å². The fourth-order valence-electron chi connectivity index (χ4n) is 4.66. The number of nitrogens with zero attached hydrogens (tertiary/aromatic N) is 3. The molecule has 2 aliphatic rings. The minimum Gasteiger partial charge on any atom is -0.340 e. The molecule has 2 fully saturated rings. The number of anilines is 1. The monoisotopic (exact) mass is 472 g/mol. The van der Waals surface area contributed by atoms with Crippen LogP contribution in [0.2, 0.25) is 5.02 Å². The van der Waals surface area contributed by atoms with Crippen molar-refractivity contribution >= 4 is 44.3 Å². The molecule has 0 unspecified atom stereocenters. The Bertz CT molecular complexity index is 1240. The number of aromatic amines is 1. The number of nitrogens with one attached hydrogen (secondary N) is 1. The molecule has 9 heteroatoms. The lowest BCUT2D eigenvalue weighted by atomic mass is 10.00. The number of para-hydroxylation sites is 2. The van der Waals surface area contributed by atoms with Gasteiger partial charge >= 0.3 is 0 Å². The molecule has 32 heavy (non-hydrogen) atoms. The Morgan fingerprint density at radius 1 is 1.06 bits per heavy atom. The lowest BCUT2D eigenvalue weighted by molar-refractivity contribution is 0.0601. The van der Waals surface area contributed by atoms with Gasteiger partial charge in [-0.2, -0.15) is 0 Å². The van der Waals surface area contributed by atoms with Crippen LogP contribution >= 0.6 is 11.6 Å². The minimum atomic E-state index is -3.34. The van der Waals surface area contributed by atoms with Gasteiger partial charge in [-0.1, -0.05) is 23.7 Å². The van der Waals surface area contributed by atoms with Gasteiger partial charge in [0.25, 0.3) is 5.91 Å². The molecule has 1 N–H and O–H groups in total. The maximum absolute atomic E-state index is 13.5. The predicted octanol–water partition coefficient (Wildman–Crippen LogP) is 4.51. The summed E-state index contributed by atoms with van der Waals surface area (Å²) in [6, 6.07) is 12.6. The zero-order valence-corrected chi connectivity index (χ0v) is 19.2. The second-order valence-corrected chi connectivity index (χ2v) is 10.8. The van der Waals surface area contributed by atoms with Crippen LogP contribution < -0.4 is 4.31 Å². The summed E-state index contributed by atoms with van der Waals surface area (Å²) in [6.07, 6.45) is 4.24. The topological polar surface area (TPSA) is 86.4 Å². The number of rotatable bonds is 3. The van der Waals surface area contributed by atoms with Crippen LogP contribution in [0.25, 0.3) is 11.0 Å². The van der Waals surface area contributed by atoms with Gasteiger partial charge in [0.1, 0.15) is 5.82 Å². The molecule has 2 aliphatic heterocycles. The molecule has 0 aliphatic carbocycles. The maximum atomic E-state index is 13.5. The molecule has 1 atom stereocenters. The molecule has 0 radical (unpaired) electrons. The Morgan fingerprint density at radius 2 is 1.88 bits per heavy atom. The fourth-order valence-corrected chi connectivity index (χ4v) is 6.54. The first-order valence-corrected chi connectivity index (χ1v) is 13.0. The molecular formula is C23H25ClN4O3S. The molecule has 168 valence electrons. The van der Waals surface area contributed by atoms with Crippen molar-refractivity contribution in [3.63, 3.8) is 0 Å². The number of halogens is 1. The summed E-state index contributed by atoms with van der Waals surface area (Å²) in [4.78, 5) is 23.4. The zero-order chi connectivity index (χ0) is 22.3.